The zero-order valence-electron chi connectivity index (χ0n) is 12.6. The first-order valence-electron chi connectivity index (χ1n) is 6.62. The van der Waals surface area contributed by atoms with E-state index in [0.717, 1.165) is 11.4 Å². The third-order valence-corrected chi connectivity index (χ3v) is 3.71. The molecule has 0 fully saturated rings. The molecule has 5 heteroatoms. The van der Waals surface area contributed by atoms with Gasteiger partial charge in [0.1, 0.15) is 0 Å². The molecule has 0 unspecified atom stereocenters. The average molecular weight is 296 g/mol. The zero-order chi connectivity index (χ0) is 15.2. The van der Waals surface area contributed by atoms with Crippen LogP contribution in [0.25, 0.3) is 0 Å². The van der Waals surface area contributed by atoms with Crippen molar-refractivity contribution in [1.82, 2.24) is 5.32 Å². The summed E-state index contributed by atoms with van der Waals surface area (Å²) in [6, 6.07) is 7.42. The number of nitrogens with one attached hydrogen (secondary N) is 1. The second-order valence-electron chi connectivity index (χ2n) is 5.37. The highest BCUT2D eigenvalue weighted by Gasteiger charge is 2.21. The summed E-state index contributed by atoms with van der Waals surface area (Å²) >= 11 is 1.69. The van der Waals surface area contributed by atoms with Crippen LogP contribution >= 0.6 is 11.8 Å². The first-order valence-corrected chi connectivity index (χ1v) is 8.02. The van der Waals surface area contributed by atoms with Crippen LogP contribution in [0.15, 0.2) is 24.3 Å². The first-order chi connectivity index (χ1) is 9.35. The molecule has 0 bridgehead atoms. The third-order valence-electron chi connectivity index (χ3n) is 3.10. The number of rotatable bonds is 7. The molecule has 1 rings (SSSR count). The van der Waals surface area contributed by atoms with Crippen molar-refractivity contribution in [3.63, 3.8) is 0 Å². The molecule has 1 aromatic carbocycles. The topological polar surface area (TPSA) is 52.6 Å². The number of carbonyl (C=O) groups excluding carboxylic acids is 1. The lowest BCUT2D eigenvalue weighted by Gasteiger charge is -2.23. The molecule has 0 radical (unpaired) electrons. The van der Waals surface area contributed by atoms with Gasteiger partial charge in [0.25, 0.3) is 5.91 Å². The molecule has 1 atom stereocenters. The number of carbonyl (C=O) groups is 1. The van der Waals surface area contributed by atoms with Crippen LogP contribution in [-0.2, 0) is 0 Å². The monoisotopic (exact) mass is 296 g/mol. The molecule has 112 valence electrons. The van der Waals surface area contributed by atoms with E-state index in [9.17, 15) is 9.90 Å². The van der Waals surface area contributed by atoms with Gasteiger partial charge in [-0.3, -0.25) is 4.79 Å². The van der Waals surface area contributed by atoms with E-state index < -0.39 is 5.60 Å². The first kappa shape index (κ1) is 16.9. The lowest BCUT2D eigenvalue weighted by Crippen LogP contribution is -2.41. The highest BCUT2D eigenvalue weighted by molar-refractivity contribution is 7.98. The Bertz CT molecular complexity index is 447. The third kappa shape index (κ3) is 5.43. The molecule has 0 aliphatic carbocycles. The van der Waals surface area contributed by atoms with Gasteiger partial charge < -0.3 is 15.3 Å². The van der Waals surface area contributed by atoms with Crippen LogP contribution in [0.5, 0.6) is 0 Å². The highest BCUT2D eigenvalue weighted by Crippen LogP contribution is 2.14. The van der Waals surface area contributed by atoms with Gasteiger partial charge in [-0.2, -0.15) is 11.8 Å². The Hall–Kier alpha value is -1.20. The summed E-state index contributed by atoms with van der Waals surface area (Å²) in [6.07, 6.45) is 2.66. The molecule has 0 saturated carbocycles. The molecule has 0 heterocycles. The standard InChI is InChI=1S/C15H24N2O2S/c1-15(19,8-9-20-4)11-16-14(18)12-6-5-7-13(10-12)17(2)3/h5-7,10,19H,8-9,11H2,1-4H3,(H,16,18)/t15-/m0/s1. The number of hydrogen-bond acceptors (Lipinski definition) is 4. The van der Waals surface area contributed by atoms with Crippen molar-refractivity contribution in [2.24, 2.45) is 0 Å². The van der Waals surface area contributed by atoms with Crippen molar-refractivity contribution in [1.29, 1.82) is 0 Å². The van der Waals surface area contributed by atoms with Crippen LogP contribution in [0.1, 0.15) is 23.7 Å². The Kier molecular flexibility index (Phi) is 6.36. The van der Waals surface area contributed by atoms with Crippen LogP contribution < -0.4 is 10.2 Å². The van der Waals surface area contributed by atoms with Crippen LogP contribution in [0.2, 0.25) is 0 Å². The van der Waals surface area contributed by atoms with Crippen LogP contribution in [-0.4, -0.2) is 49.3 Å². The fraction of sp³-hybridized carbons (Fsp3) is 0.533. The molecule has 0 aromatic heterocycles. The van der Waals surface area contributed by atoms with Crippen LogP contribution in [0, 0.1) is 0 Å². The largest absolute Gasteiger partial charge is 0.388 e. The predicted molar refractivity (Wildman–Crippen MR) is 86.7 cm³/mol. The minimum absolute atomic E-state index is 0.155. The summed E-state index contributed by atoms with van der Waals surface area (Å²) < 4.78 is 0. The van der Waals surface area contributed by atoms with E-state index in [-0.39, 0.29) is 12.5 Å². The highest BCUT2D eigenvalue weighted by atomic mass is 32.2. The number of nitrogens with zero attached hydrogens (tertiary/aromatic N) is 1. The molecular formula is C15H24N2O2S. The Balaban J connectivity index is 2.61. The van der Waals surface area contributed by atoms with Gasteiger partial charge in [-0.1, -0.05) is 6.07 Å². The van der Waals surface area contributed by atoms with Crippen molar-refractivity contribution in [3.8, 4) is 0 Å². The zero-order valence-corrected chi connectivity index (χ0v) is 13.5. The van der Waals surface area contributed by atoms with Gasteiger partial charge in [0.15, 0.2) is 0 Å². The maximum absolute atomic E-state index is 12.1. The van der Waals surface area contributed by atoms with E-state index in [4.69, 9.17) is 0 Å². The molecule has 1 aromatic rings. The lowest BCUT2D eigenvalue weighted by atomic mass is 10.0. The quantitative estimate of drug-likeness (QED) is 0.808. The van der Waals surface area contributed by atoms with E-state index in [1.54, 1.807) is 24.8 Å². The second-order valence-corrected chi connectivity index (χ2v) is 6.35. The number of hydrogen-bond donors (Lipinski definition) is 2. The summed E-state index contributed by atoms with van der Waals surface area (Å²) in [6.45, 7) is 2.01. The number of amides is 1. The van der Waals surface area contributed by atoms with Gasteiger partial charge in [-0.25, -0.2) is 0 Å². The Morgan fingerprint density at radius 3 is 2.75 bits per heavy atom. The minimum atomic E-state index is -0.863. The maximum Gasteiger partial charge on any atom is 0.251 e. The number of anilines is 1. The molecule has 0 saturated heterocycles. The Labute approximate surface area is 125 Å². The molecule has 0 aliphatic rings. The van der Waals surface area contributed by atoms with Crippen molar-refractivity contribution in [3.05, 3.63) is 29.8 Å². The lowest BCUT2D eigenvalue weighted by molar-refractivity contribution is 0.0528. The van der Waals surface area contributed by atoms with Crippen LogP contribution in [0.4, 0.5) is 5.69 Å². The van der Waals surface area contributed by atoms with Crippen molar-refractivity contribution in [2.75, 3.05) is 37.5 Å². The van der Waals surface area contributed by atoms with E-state index in [1.165, 1.54) is 0 Å². The Morgan fingerprint density at radius 1 is 1.45 bits per heavy atom. The van der Waals surface area contributed by atoms with Crippen molar-refractivity contribution >= 4 is 23.4 Å². The SMILES string of the molecule is CSCC[C@](C)(O)CNC(=O)c1cccc(N(C)C)c1. The summed E-state index contributed by atoms with van der Waals surface area (Å²) in [4.78, 5) is 14.0. The maximum atomic E-state index is 12.1. The van der Waals surface area contributed by atoms with Gasteiger partial charge in [-0.05, 0) is 43.6 Å². The Morgan fingerprint density at radius 2 is 2.15 bits per heavy atom. The van der Waals surface area contributed by atoms with Gasteiger partial charge in [0, 0.05) is 31.9 Å². The van der Waals surface area contributed by atoms with Gasteiger partial charge in [0.05, 0.1) is 5.60 Å². The van der Waals surface area contributed by atoms with E-state index >= 15 is 0 Å². The average Bonchev–Trinajstić information content (AvgIpc) is 2.43. The molecule has 0 spiro atoms. The number of thioether (sulfide) groups is 1. The predicted octanol–water partition coefficient (Wildman–Crippen LogP) is 1.99. The summed E-state index contributed by atoms with van der Waals surface area (Å²) in [7, 11) is 3.87. The fourth-order valence-corrected chi connectivity index (χ4v) is 2.35. The number of aliphatic hydroxyl groups is 1. The molecule has 20 heavy (non-hydrogen) atoms. The normalized spacial score (nSPS) is 13.7. The van der Waals surface area contributed by atoms with E-state index in [0.29, 0.717) is 12.0 Å². The van der Waals surface area contributed by atoms with E-state index in [2.05, 4.69) is 5.32 Å². The minimum Gasteiger partial charge on any atom is -0.388 e. The van der Waals surface area contributed by atoms with E-state index in [1.807, 2.05) is 43.5 Å². The number of benzene rings is 1. The van der Waals surface area contributed by atoms with Crippen LogP contribution in [0.3, 0.4) is 0 Å². The molecule has 0 aliphatic heterocycles. The summed E-state index contributed by atoms with van der Waals surface area (Å²) in [5.41, 5.74) is 0.723. The van der Waals surface area contributed by atoms with Crippen molar-refractivity contribution in [2.45, 2.75) is 18.9 Å². The molecule has 4 nitrogen and oxygen atoms in total. The van der Waals surface area contributed by atoms with Gasteiger partial charge in [0.2, 0.25) is 0 Å². The van der Waals surface area contributed by atoms with Gasteiger partial charge >= 0.3 is 0 Å². The summed E-state index contributed by atoms with van der Waals surface area (Å²) in [5, 5.41) is 12.9. The second kappa shape index (κ2) is 7.55. The summed E-state index contributed by atoms with van der Waals surface area (Å²) in [5.74, 6) is 0.719. The fourth-order valence-electron chi connectivity index (χ4n) is 1.71. The van der Waals surface area contributed by atoms with Gasteiger partial charge in [-0.15, -0.1) is 0 Å². The molecular weight excluding hydrogens is 272 g/mol. The molecule has 1 amide bonds. The smallest absolute Gasteiger partial charge is 0.251 e. The molecule has 2 N–H and O–H groups in total. The van der Waals surface area contributed by atoms with Crippen molar-refractivity contribution < 1.29 is 9.90 Å².